The highest BCUT2D eigenvalue weighted by Crippen LogP contribution is 2.42. The average molecular weight is 489 g/mol. The number of pyridine rings is 1. The van der Waals surface area contributed by atoms with Gasteiger partial charge in [0.1, 0.15) is 11.2 Å². The van der Waals surface area contributed by atoms with Crippen LogP contribution in [0, 0.1) is 0 Å². The molecule has 0 aliphatic heterocycles. The van der Waals surface area contributed by atoms with Crippen LogP contribution in [0.1, 0.15) is 0 Å². The van der Waals surface area contributed by atoms with E-state index < -0.39 is 0 Å². The molecule has 0 atom stereocenters. The van der Waals surface area contributed by atoms with E-state index in [4.69, 9.17) is 4.42 Å². The molecule has 3 aromatic heterocycles. The molecule has 0 saturated heterocycles. The van der Waals surface area contributed by atoms with Gasteiger partial charge in [-0.05, 0) is 54.6 Å². The predicted octanol–water partition coefficient (Wildman–Crippen LogP) is 8.51. The van der Waals surface area contributed by atoms with E-state index >= 15 is 0 Å². The summed E-state index contributed by atoms with van der Waals surface area (Å²) in [4.78, 5) is 4.58. The minimum Gasteiger partial charge on any atom is -0.456 e. The molecule has 0 spiro atoms. The summed E-state index contributed by atoms with van der Waals surface area (Å²) in [5.74, 6) is 0. The van der Waals surface area contributed by atoms with Crippen LogP contribution in [0.2, 0.25) is 0 Å². The topological polar surface area (TPSA) is 31.0 Å². The molecule has 0 aliphatic rings. The van der Waals surface area contributed by atoms with E-state index in [2.05, 4.69) is 98.3 Å². The first-order valence-corrected chi connectivity index (χ1v) is 11.6. The number of aromatic nitrogens is 2. The van der Waals surface area contributed by atoms with E-state index in [9.17, 15) is 0 Å². The molecule has 0 unspecified atom stereocenters. The molecule has 156 valence electrons. The molecule has 0 radical (unpaired) electrons. The SMILES string of the molecule is Brc1cccc(-n2c3cc(-c4ccccn4)ccc3c3c4c(ccc32)oc2ccccc24)c1. The molecule has 0 aliphatic carbocycles. The monoisotopic (exact) mass is 488 g/mol. The number of hydrogen-bond acceptors (Lipinski definition) is 2. The highest BCUT2D eigenvalue weighted by Gasteiger charge is 2.19. The highest BCUT2D eigenvalue weighted by atomic mass is 79.9. The van der Waals surface area contributed by atoms with Crippen LogP contribution in [0.25, 0.3) is 60.7 Å². The van der Waals surface area contributed by atoms with Crippen molar-refractivity contribution in [1.29, 1.82) is 0 Å². The third-order valence-electron chi connectivity index (χ3n) is 6.30. The number of hydrogen-bond donors (Lipinski definition) is 0. The highest BCUT2D eigenvalue weighted by molar-refractivity contribution is 9.10. The second-order valence-corrected chi connectivity index (χ2v) is 9.11. The molecule has 0 saturated carbocycles. The molecular formula is C29H17BrN2O. The Kier molecular flexibility index (Phi) is 3.99. The van der Waals surface area contributed by atoms with Gasteiger partial charge in [-0.2, -0.15) is 0 Å². The smallest absolute Gasteiger partial charge is 0.136 e. The zero-order valence-electron chi connectivity index (χ0n) is 17.5. The van der Waals surface area contributed by atoms with Gasteiger partial charge in [-0.3, -0.25) is 4.98 Å². The van der Waals surface area contributed by atoms with Gasteiger partial charge in [0, 0.05) is 43.5 Å². The van der Waals surface area contributed by atoms with Crippen molar-refractivity contribution in [1.82, 2.24) is 9.55 Å². The van der Waals surface area contributed by atoms with Crippen LogP contribution < -0.4 is 0 Å². The van der Waals surface area contributed by atoms with Crippen LogP contribution in [-0.2, 0) is 0 Å². The minimum absolute atomic E-state index is 0.908. The Morgan fingerprint density at radius 3 is 2.45 bits per heavy atom. The molecule has 0 N–H and O–H groups in total. The fraction of sp³-hybridized carbons (Fsp3) is 0. The summed E-state index contributed by atoms with van der Waals surface area (Å²) in [6.45, 7) is 0. The van der Waals surface area contributed by atoms with Gasteiger partial charge in [-0.15, -0.1) is 0 Å². The number of fused-ring (bicyclic) bond motifs is 7. The van der Waals surface area contributed by atoms with Crippen LogP contribution in [0.3, 0.4) is 0 Å². The molecule has 3 heterocycles. The molecule has 3 nitrogen and oxygen atoms in total. The van der Waals surface area contributed by atoms with E-state index in [0.29, 0.717) is 0 Å². The number of rotatable bonds is 2. The third kappa shape index (κ3) is 2.77. The Hall–Kier alpha value is -3.89. The lowest BCUT2D eigenvalue weighted by atomic mass is 10.0. The fourth-order valence-corrected chi connectivity index (χ4v) is 5.30. The van der Waals surface area contributed by atoms with Gasteiger partial charge in [-0.25, -0.2) is 0 Å². The first-order chi connectivity index (χ1) is 16.3. The van der Waals surface area contributed by atoms with Gasteiger partial charge < -0.3 is 8.98 Å². The Morgan fingerprint density at radius 2 is 1.58 bits per heavy atom. The maximum absolute atomic E-state index is 6.21. The normalized spacial score (nSPS) is 11.8. The van der Waals surface area contributed by atoms with Crippen molar-refractivity contribution in [3.8, 4) is 16.9 Å². The second kappa shape index (κ2) is 7.06. The number of para-hydroxylation sites is 1. The summed E-state index contributed by atoms with van der Waals surface area (Å²) in [6.07, 6.45) is 1.84. The lowest BCUT2D eigenvalue weighted by molar-refractivity contribution is 0.669. The van der Waals surface area contributed by atoms with E-state index in [1.165, 1.54) is 10.8 Å². The minimum atomic E-state index is 0.908. The van der Waals surface area contributed by atoms with Crippen LogP contribution >= 0.6 is 15.9 Å². The zero-order valence-corrected chi connectivity index (χ0v) is 19.1. The van der Waals surface area contributed by atoms with Crippen molar-refractivity contribution in [2.45, 2.75) is 0 Å². The molecular weight excluding hydrogens is 472 g/mol. The summed E-state index contributed by atoms with van der Waals surface area (Å²) in [6, 6.07) is 33.6. The summed E-state index contributed by atoms with van der Waals surface area (Å²) in [5.41, 5.74) is 7.28. The third-order valence-corrected chi connectivity index (χ3v) is 6.79. The quantitative estimate of drug-likeness (QED) is 0.244. The van der Waals surface area contributed by atoms with Crippen molar-refractivity contribution in [3.05, 3.63) is 108 Å². The van der Waals surface area contributed by atoms with Crippen LogP contribution in [0.4, 0.5) is 0 Å². The van der Waals surface area contributed by atoms with Crippen LogP contribution in [0.15, 0.2) is 112 Å². The Bertz CT molecular complexity index is 1830. The molecule has 0 bridgehead atoms. The van der Waals surface area contributed by atoms with Crippen LogP contribution in [0.5, 0.6) is 0 Å². The van der Waals surface area contributed by atoms with Gasteiger partial charge >= 0.3 is 0 Å². The number of benzene rings is 4. The van der Waals surface area contributed by atoms with Crippen molar-refractivity contribution in [2.75, 3.05) is 0 Å². The molecule has 4 aromatic carbocycles. The molecule has 4 heteroatoms. The summed E-state index contributed by atoms with van der Waals surface area (Å²) < 4.78 is 9.59. The van der Waals surface area contributed by atoms with Gasteiger partial charge in [0.05, 0.1) is 16.7 Å². The Balaban J connectivity index is 1.68. The largest absolute Gasteiger partial charge is 0.456 e. The van der Waals surface area contributed by atoms with Crippen molar-refractivity contribution in [2.24, 2.45) is 0 Å². The number of nitrogens with zero attached hydrogens (tertiary/aromatic N) is 2. The summed E-state index contributed by atoms with van der Waals surface area (Å²) in [5, 5.41) is 4.70. The molecule has 33 heavy (non-hydrogen) atoms. The van der Waals surface area contributed by atoms with Gasteiger partial charge in [0.2, 0.25) is 0 Å². The van der Waals surface area contributed by atoms with Gasteiger partial charge in [-0.1, -0.05) is 58.4 Å². The van der Waals surface area contributed by atoms with Gasteiger partial charge in [0.15, 0.2) is 0 Å². The maximum atomic E-state index is 6.21. The first kappa shape index (κ1) is 18.7. The molecule has 7 aromatic rings. The average Bonchev–Trinajstić information content (AvgIpc) is 3.39. The zero-order chi connectivity index (χ0) is 21.9. The lowest BCUT2D eigenvalue weighted by Crippen LogP contribution is -1.94. The lowest BCUT2D eigenvalue weighted by Gasteiger charge is -2.09. The standard InChI is InChI=1S/C29H17BrN2O/c30-19-6-5-7-20(17-19)32-24-13-14-27-29(22-8-1-2-10-26(22)33-27)28(24)21-12-11-18(16-25(21)32)23-9-3-4-15-31-23/h1-17H. The van der Waals surface area contributed by atoms with Crippen molar-refractivity contribution in [3.63, 3.8) is 0 Å². The number of halogens is 1. The van der Waals surface area contributed by atoms with Gasteiger partial charge in [0.25, 0.3) is 0 Å². The van der Waals surface area contributed by atoms with E-state index in [-0.39, 0.29) is 0 Å². The number of furan rings is 1. The molecule has 0 fully saturated rings. The van der Waals surface area contributed by atoms with Crippen molar-refractivity contribution < 1.29 is 4.42 Å². The Labute approximate surface area is 198 Å². The molecule has 7 rings (SSSR count). The van der Waals surface area contributed by atoms with Crippen molar-refractivity contribution >= 4 is 59.7 Å². The predicted molar refractivity (Wildman–Crippen MR) is 139 cm³/mol. The van der Waals surface area contributed by atoms with E-state index in [0.717, 1.165) is 54.4 Å². The first-order valence-electron chi connectivity index (χ1n) is 10.8. The summed E-state index contributed by atoms with van der Waals surface area (Å²) in [7, 11) is 0. The van der Waals surface area contributed by atoms with E-state index in [1.807, 2.05) is 30.5 Å². The maximum Gasteiger partial charge on any atom is 0.136 e. The van der Waals surface area contributed by atoms with Crippen LogP contribution in [-0.4, -0.2) is 9.55 Å². The Morgan fingerprint density at radius 1 is 0.667 bits per heavy atom. The van der Waals surface area contributed by atoms with E-state index in [1.54, 1.807) is 0 Å². The fourth-order valence-electron chi connectivity index (χ4n) is 4.91. The second-order valence-electron chi connectivity index (χ2n) is 8.19. The molecule has 0 amide bonds. The summed E-state index contributed by atoms with van der Waals surface area (Å²) >= 11 is 3.65.